The molecule has 3 rings (SSSR count). The summed E-state index contributed by atoms with van der Waals surface area (Å²) >= 11 is 15.5. The Morgan fingerprint density at radius 2 is 1.89 bits per heavy atom. The van der Waals surface area contributed by atoms with Crippen LogP contribution in [0.25, 0.3) is 11.6 Å². The average molecular weight is 477 g/mol. The van der Waals surface area contributed by atoms with Crippen LogP contribution in [0.3, 0.4) is 0 Å². The Labute approximate surface area is 180 Å². The van der Waals surface area contributed by atoms with Crippen LogP contribution in [0.5, 0.6) is 5.75 Å². The number of halogens is 4. The van der Waals surface area contributed by atoms with Crippen molar-refractivity contribution in [2.24, 2.45) is 0 Å². The summed E-state index contributed by atoms with van der Waals surface area (Å²) < 4.78 is 20.8. The molecule has 0 aliphatic carbocycles. The molecular weight excluding hydrogens is 464 g/mol. The zero-order chi connectivity index (χ0) is 20.1. The molecule has 0 aromatic heterocycles. The molecule has 0 bridgehead atoms. The van der Waals surface area contributed by atoms with Gasteiger partial charge in [-0.15, -0.1) is 0 Å². The Bertz CT molecular complexity index is 1090. The molecule has 3 aromatic carbocycles. The predicted octanol–water partition coefficient (Wildman–Crippen LogP) is 7.54. The number of allylic oxidation sites excluding steroid dienone is 1. The van der Waals surface area contributed by atoms with Gasteiger partial charge in [0.2, 0.25) is 0 Å². The number of nitrogens with zero attached hydrogens (tertiary/aromatic N) is 1. The van der Waals surface area contributed by atoms with E-state index < -0.39 is 5.82 Å². The number of nitriles is 1. The topological polar surface area (TPSA) is 33.0 Å². The summed E-state index contributed by atoms with van der Waals surface area (Å²) in [5.41, 5.74) is 1.85. The lowest BCUT2D eigenvalue weighted by molar-refractivity contribution is 0.305. The van der Waals surface area contributed by atoms with E-state index in [9.17, 15) is 9.65 Å². The summed E-state index contributed by atoms with van der Waals surface area (Å²) in [5.74, 6) is 0.0824. The van der Waals surface area contributed by atoms with Gasteiger partial charge >= 0.3 is 0 Å². The SMILES string of the molecule is N#CC(=Cc1cc(Br)ccc1OCc1ccc(Cl)cc1Cl)c1ccccc1F. The van der Waals surface area contributed by atoms with Gasteiger partial charge in [0.05, 0.1) is 11.6 Å². The highest BCUT2D eigenvalue weighted by atomic mass is 79.9. The van der Waals surface area contributed by atoms with Crippen molar-refractivity contribution in [2.75, 3.05) is 0 Å². The minimum atomic E-state index is -0.458. The van der Waals surface area contributed by atoms with Crippen molar-refractivity contribution in [2.45, 2.75) is 6.61 Å². The van der Waals surface area contributed by atoms with Crippen molar-refractivity contribution in [1.82, 2.24) is 0 Å². The number of ether oxygens (including phenoxy) is 1. The van der Waals surface area contributed by atoms with Crippen LogP contribution in [0.2, 0.25) is 10.0 Å². The average Bonchev–Trinajstić information content (AvgIpc) is 2.67. The van der Waals surface area contributed by atoms with Crippen molar-refractivity contribution >= 4 is 50.8 Å². The molecule has 140 valence electrons. The minimum absolute atomic E-state index is 0.200. The molecule has 0 saturated carbocycles. The fourth-order valence-electron chi connectivity index (χ4n) is 2.56. The summed E-state index contributed by atoms with van der Waals surface area (Å²) in [5, 5.41) is 10.6. The molecule has 0 saturated heterocycles. The number of rotatable bonds is 5. The second-order valence-electron chi connectivity index (χ2n) is 5.86. The maximum absolute atomic E-state index is 14.1. The first kappa shape index (κ1) is 20.4. The molecule has 2 nitrogen and oxygen atoms in total. The monoisotopic (exact) mass is 475 g/mol. The van der Waals surface area contributed by atoms with Crippen molar-refractivity contribution in [3.8, 4) is 11.8 Å². The molecule has 0 aliphatic heterocycles. The number of hydrogen-bond donors (Lipinski definition) is 0. The molecule has 0 radical (unpaired) electrons. The second-order valence-corrected chi connectivity index (χ2v) is 7.62. The van der Waals surface area contributed by atoms with Crippen LogP contribution in [-0.2, 0) is 6.61 Å². The van der Waals surface area contributed by atoms with E-state index in [1.165, 1.54) is 6.07 Å². The van der Waals surface area contributed by atoms with E-state index in [4.69, 9.17) is 27.9 Å². The molecule has 0 N–H and O–H groups in total. The van der Waals surface area contributed by atoms with E-state index in [1.807, 2.05) is 6.07 Å². The maximum atomic E-state index is 14.1. The lowest BCUT2D eigenvalue weighted by Gasteiger charge is -2.12. The van der Waals surface area contributed by atoms with Crippen molar-refractivity contribution in [3.63, 3.8) is 0 Å². The first-order valence-electron chi connectivity index (χ1n) is 8.21. The summed E-state index contributed by atoms with van der Waals surface area (Å²) in [6.45, 7) is 0.222. The third-order valence-corrected chi connectivity index (χ3v) is 5.03. The molecule has 3 aromatic rings. The van der Waals surface area contributed by atoms with Gasteiger partial charge in [0, 0.05) is 31.2 Å². The van der Waals surface area contributed by atoms with Crippen LogP contribution in [0.15, 0.2) is 65.1 Å². The predicted molar refractivity (Wildman–Crippen MR) is 115 cm³/mol. The Kier molecular flexibility index (Phi) is 6.74. The van der Waals surface area contributed by atoms with Gasteiger partial charge in [0.1, 0.15) is 18.2 Å². The van der Waals surface area contributed by atoms with Gasteiger partial charge in [-0.05, 0) is 42.5 Å². The molecule has 0 heterocycles. The van der Waals surface area contributed by atoms with E-state index in [2.05, 4.69) is 22.0 Å². The van der Waals surface area contributed by atoms with E-state index >= 15 is 0 Å². The fourth-order valence-corrected chi connectivity index (χ4v) is 3.41. The van der Waals surface area contributed by atoms with Crippen molar-refractivity contribution < 1.29 is 9.13 Å². The number of hydrogen-bond acceptors (Lipinski definition) is 2. The Hall–Kier alpha value is -2.32. The van der Waals surface area contributed by atoms with Crippen LogP contribution < -0.4 is 4.74 Å². The quantitative estimate of drug-likeness (QED) is 0.281. The molecule has 0 unspecified atom stereocenters. The molecule has 0 atom stereocenters. The lowest BCUT2D eigenvalue weighted by atomic mass is 10.0. The van der Waals surface area contributed by atoms with E-state index in [0.29, 0.717) is 21.4 Å². The molecule has 0 aliphatic rings. The summed E-state index contributed by atoms with van der Waals surface area (Å²) in [7, 11) is 0. The van der Waals surface area contributed by atoms with Gasteiger partial charge < -0.3 is 4.74 Å². The minimum Gasteiger partial charge on any atom is -0.488 e. The van der Waals surface area contributed by atoms with Crippen molar-refractivity contribution in [3.05, 3.63) is 97.7 Å². The number of benzene rings is 3. The summed E-state index contributed by atoms with van der Waals surface area (Å²) in [6, 6.07) is 18.8. The largest absolute Gasteiger partial charge is 0.488 e. The Morgan fingerprint density at radius 3 is 2.61 bits per heavy atom. The third kappa shape index (κ3) is 4.94. The van der Waals surface area contributed by atoms with Crippen LogP contribution in [0, 0.1) is 17.1 Å². The lowest BCUT2D eigenvalue weighted by Crippen LogP contribution is -1.98. The zero-order valence-corrected chi connectivity index (χ0v) is 17.5. The zero-order valence-electron chi connectivity index (χ0n) is 14.4. The molecule has 0 spiro atoms. The maximum Gasteiger partial charge on any atom is 0.131 e. The molecule has 0 amide bonds. The molecular formula is C22H13BrCl2FNO. The van der Waals surface area contributed by atoms with Gasteiger partial charge in [-0.1, -0.05) is 63.4 Å². The van der Waals surface area contributed by atoms with Crippen LogP contribution in [0.1, 0.15) is 16.7 Å². The molecule has 28 heavy (non-hydrogen) atoms. The van der Waals surface area contributed by atoms with Gasteiger partial charge in [0.15, 0.2) is 0 Å². The van der Waals surface area contributed by atoms with Gasteiger partial charge in [-0.3, -0.25) is 0 Å². The normalized spacial score (nSPS) is 11.2. The van der Waals surface area contributed by atoms with Gasteiger partial charge in [-0.2, -0.15) is 5.26 Å². The smallest absolute Gasteiger partial charge is 0.131 e. The van der Waals surface area contributed by atoms with Crippen LogP contribution in [0.4, 0.5) is 4.39 Å². The molecule has 6 heteroatoms. The Balaban J connectivity index is 1.94. The highest BCUT2D eigenvalue weighted by molar-refractivity contribution is 9.10. The second kappa shape index (κ2) is 9.25. The van der Waals surface area contributed by atoms with E-state index in [1.54, 1.807) is 54.6 Å². The van der Waals surface area contributed by atoms with Gasteiger partial charge in [0.25, 0.3) is 0 Å². The van der Waals surface area contributed by atoms with Crippen LogP contribution >= 0.6 is 39.1 Å². The van der Waals surface area contributed by atoms with Gasteiger partial charge in [-0.25, -0.2) is 4.39 Å². The first-order valence-corrected chi connectivity index (χ1v) is 9.76. The highest BCUT2D eigenvalue weighted by Gasteiger charge is 2.11. The Morgan fingerprint density at radius 1 is 1.11 bits per heavy atom. The van der Waals surface area contributed by atoms with Crippen LogP contribution in [-0.4, -0.2) is 0 Å². The fraction of sp³-hybridized carbons (Fsp3) is 0.0455. The van der Waals surface area contributed by atoms with E-state index in [-0.39, 0.29) is 17.7 Å². The van der Waals surface area contributed by atoms with Crippen molar-refractivity contribution in [1.29, 1.82) is 5.26 Å². The third-order valence-electron chi connectivity index (χ3n) is 3.95. The summed E-state index contributed by atoms with van der Waals surface area (Å²) in [4.78, 5) is 0. The summed E-state index contributed by atoms with van der Waals surface area (Å²) in [6.07, 6.45) is 1.60. The molecule has 0 fully saturated rings. The highest BCUT2D eigenvalue weighted by Crippen LogP contribution is 2.30. The van der Waals surface area contributed by atoms with E-state index in [0.717, 1.165) is 10.0 Å². The first-order chi connectivity index (χ1) is 13.5. The standard InChI is InChI=1S/C22H13BrCl2FNO/c23-17-6-8-22(28-13-14-5-7-18(24)11-20(14)25)15(10-17)9-16(12-27)19-3-1-2-4-21(19)26/h1-11H,13H2.